The molecule has 3 heterocycles. The predicted octanol–water partition coefficient (Wildman–Crippen LogP) is 2.56. The van der Waals surface area contributed by atoms with E-state index in [1.807, 2.05) is 0 Å². The first-order valence-corrected chi connectivity index (χ1v) is 8.14. The lowest BCUT2D eigenvalue weighted by Crippen LogP contribution is -2.19. The molecule has 10 nitrogen and oxygen atoms in total. The molecular weight excluding hydrogens is 390 g/mol. The summed E-state index contributed by atoms with van der Waals surface area (Å²) in [4.78, 5) is 30.4. The predicted molar refractivity (Wildman–Crippen MR) is 93.9 cm³/mol. The Morgan fingerprint density at radius 3 is 2.66 bits per heavy atom. The van der Waals surface area contributed by atoms with Crippen molar-refractivity contribution in [3.05, 3.63) is 53.5 Å². The third-order valence-corrected chi connectivity index (χ3v) is 3.85. The SMILES string of the molecule is CC(OC(=O)Nc1c(-c2ccc(C(=O)O)cn2)nnn1C)c1cc(F)cnc1F. The van der Waals surface area contributed by atoms with Gasteiger partial charge in [-0.25, -0.2) is 23.6 Å². The second-order valence-corrected chi connectivity index (χ2v) is 5.85. The van der Waals surface area contributed by atoms with Gasteiger partial charge in [0, 0.05) is 13.2 Å². The van der Waals surface area contributed by atoms with Crippen molar-refractivity contribution in [1.82, 2.24) is 25.0 Å². The number of aryl methyl sites for hydroxylation is 1. The van der Waals surface area contributed by atoms with Gasteiger partial charge in [-0.1, -0.05) is 5.21 Å². The Kier molecular flexibility index (Phi) is 5.43. The van der Waals surface area contributed by atoms with Crippen molar-refractivity contribution in [3.8, 4) is 11.4 Å². The molecule has 0 saturated heterocycles. The number of anilines is 1. The van der Waals surface area contributed by atoms with Gasteiger partial charge in [0.05, 0.1) is 23.0 Å². The number of aromatic carboxylic acids is 1. The highest BCUT2D eigenvalue weighted by Crippen LogP contribution is 2.25. The van der Waals surface area contributed by atoms with Crippen molar-refractivity contribution < 1.29 is 28.2 Å². The van der Waals surface area contributed by atoms with Gasteiger partial charge in [-0.3, -0.25) is 10.3 Å². The van der Waals surface area contributed by atoms with Gasteiger partial charge in [0.15, 0.2) is 11.5 Å². The topological polar surface area (TPSA) is 132 Å². The molecule has 3 aromatic heterocycles. The Bertz CT molecular complexity index is 1070. The zero-order chi connectivity index (χ0) is 21.1. The number of nitrogens with zero attached hydrogens (tertiary/aromatic N) is 5. The van der Waals surface area contributed by atoms with Crippen LogP contribution in [0.15, 0.2) is 30.6 Å². The quantitative estimate of drug-likeness (QED) is 0.620. The fraction of sp³-hybridized carbons (Fsp3) is 0.176. The molecule has 29 heavy (non-hydrogen) atoms. The van der Waals surface area contributed by atoms with Crippen LogP contribution in [-0.4, -0.2) is 42.1 Å². The number of pyridine rings is 2. The van der Waals surface area contributed by atoms with Gasteiger partial charge in [0.25, 0.3) is 0 Å². The Morgan fingerprint density at radius 1 is 1.24 bits per heavy atom. The van der Waals surface area contributed by atoms with Crippen LogP contribution >= 0.6 is 0 Å². The average molecular weight is 404 g/mol. The van der Waals surface area contributed by atoms with E-state index >= 15 is 0 Å². The van der Waals surface area contributed by atoms with Crippen LogP contribution in [-0.2, 0) is 11.8 Å². The Morgan fingerprint density at radius 2 is 2.00 bits per heavy atom. The smallest absolute Gasteiger partial charge is 0.413 e. The van der Waals surface area contributed by atoms with Crippen LogP contribution in [0, 0.1) is 11.8 Å². The molecular formula is C17H14F2N6O4. The maximum absolute atomic E-state index is 13.7. The van der Waals surface area contributed by atoms with Crippen LogP contribution in [0.4, 0.5) is 19.4 Å². The largest absolute Gasteiger partial charge is 0.478 e. The van der Waals surface area contributed by atoms with Crippen LogP contribution in [0.3, 0.4) is 0 Å². The standard InChI is InChI=1S/C17H14F2N6O4/c1-8(11-5-10(18)7-21-14(11)19)29-17(28)22-15-13(23-24-25(15)2)12-4-3-9(6-20-12)16(26)27/h3-8H,1-2H3,(H,22,28)(H,26,27). The summed E-state index contributed by atoms with van der Waals surface area (Å²) >= 11 is 0. The fourth-order valence-corrected chi connectivity index (χ4v) is 2.40. The normalized spacial score (nSPS) is 11.7. The van der Waals surface area contributed by atoms with E-state index in [0.29, 0.717) is 6.20 Å². The van der Waals surface area contributed by atoms with Gasteiger partial charge in [-0.2, -0.15) is 4.39 Å². The Balaban J connectivity index is 1.78. The summed E-state index contributed by atoms with van der Waals surface area (Å²) in [5.74, 6) is -2.77. The number of carbonyl (C=O) groups excluding carboxylic acids is 1. The van der Waals surface area contributed by atoms with Gasteiger partial charge >= 0.3 is 12.1 Å². The first-order valence-electron chi connectivity index (χ1n) is 8.14. The van der Waals surface area contributed by atoms with Gasteiger partial charge in [-0.15, -0.1) is 5.10 Å². The van der Waals surface area contributed by atoms with Gasteiger partial charge in [0.1, 0.15) is 11.9 Å². The molecule has 0 aliphatic rings. The van der Waals surface area contributed by atoms with Crippen LogP contribution < -0.4 is 5.32 Å². The van der Waals surface area contributed by atoms with Gasteiger partial charge < -0.3 is 9.84 Å². The van der Waals surface area contributed by atoms with Crippen molar-refractivity contribution in [2.75, 3.05) is 5.32 Å². The molecule has 0 saturated carbocycles. The molecule has 0 aliphatic carbocycles. The number of aromatic nitrogens is 5. The summed E-state index contributed by atoms with van der Waals surface area (Å²) in [5.41, 5.74) is 0.167. The van der Waals surface area contributed by atoms with E-state index in [-0.39, 0.29) is 28.3 Å². The van der Waals surface area contributed by atoms with E-state index in [1.54, 1.807) is 0 Å². The highest BCUT2D eigenvalue weighted by Gasteiger charge is 2.21. The molecule has 0 radical (unpaired) electrons. The summed E-state index contributed by atoms with van der Waals surface area (Å²) in [6.07, 6.45) is -0.260. The average Bonchev–Trinajstić information content (AvgIpc) is 3.04. The molecule has 0 aromatic carbocycles. The lowest BCUT2D eigenvalue weighted by atomic mass is 10.2. The molecule has 1 atom stereocenters. The van der Waals surface area contributed by atoms with Crippen molar-refractivity contribution in [2.45, 2.75) is 13.0 Å². The van der Waals surface area contributed by atoms with E-state index < -0.39 is 29.9 Å². The fourth-order valence-electron chi connectivity index (χ4n) is 2.40. The van der Waals surface area contributed by atoms with Crippen LogP contribution in [0.5, 0.6) is 0 Å². The van der Waals surface area contributed by atoms with Gasteiger partial charge in [0.2, 0.25) is 5.95 Å². The number of carboxylic acids is 1. The molecule has 150 valence electrons. The lowest BCUT2D eigenvalue weighted by Gasteiger charge is -2.15. The first kappa shape index (κ1) is 19.8. The summed E-state index contributed by atoms with van der Waals surface area (Å²) in [7, 11) is 1.50. The highest BCUT2D eigenvalue weighted by atomic mass is 19.1. The van der Waals surface area contributed by atoms with Crippen molar-refractivity contribution in [2.24, 2.45) is 7.05 Å². The second-order valence-electron chi connectivity index (χ2n) is 5.85. The lowest BCUT2D eigenvalue weighted by molar-refractivity contribution is 0.0696. The van der Waals surface area contributed by atoms with Gasteiger partial charge in [-0.05, 0) is 25.1 Å². The van der Waals surface area contributed by atoms with Crippen LogP contribution in [0.2, 0.25) is 0 Å². The number of hydrogen-bond acceptors (Lipinski definition) is 7. The molecule has 0 aliphatic heterocycles. The molecule has 0 spiro atoms. The molecule has 1 unspecified atom stereocenters. The summed E-state index contributed by atoms with van der Waals surface area (Å²) in [6, 6.07) is 3.61. The number of rotatable bonds is 5. The molecule has 0 fully saturated rings. The van der Waals surface area contributed by atoms with Crippen LogP contribution in [0.1, 0.15) is 28.9 Å². The molecule has 2 N–H and O–H groups in total. The molecule has 3 aromatic rings. The van der Waals surface area contributed by atoms with E-state index in [4.69, 9.17) is 9.84 Å². The number of nitrogens with one attached hydrogen (secondary N) is 1. The summed E-state index contributed by atoms with van der Waals surface area (Å²) in [6.45, 7) is 1.35. The highest BCUT2D eigenvalue weighted by molar-refractivity contribution is 5.89. The molecule has 0 bridgehead atoms. The number of halogens is 2. The van der Waals surface area contributed by atoms with Crippen molar-refractivity contribution >= 4 is 17.9 Å². The van der Waals surface area contributed by atoms with Crippen LogP contribution in [0.25, 0.3) is 11.4 Å². The summed E-state index contributed by atoms with van der Waals surface area (Å²) < 4.78 is 33.3. The van der Waals surface area contributed by atoms with E-state index in [0.717, 1.165) is 12.3 Å². The monoisotopic (exact) mass is 404 g/mol. The number of carbonyl (C=O) groups is 2. The third kappa shape index (κ3) is 4.31. The van der Waals surface area contributed by atoms with E-state index in [9.17, 15) is 18.4 Å². The number of hydrogen-bond donors (Lipinski definition) is 2. The molecule has 1 amide bonds. The maximum Gasteiger partial charge on any atom is 0.413 e. The number of amides is 1. The van der Waals surface area contributed by atoms with E-state index in [2.05, 4.69) is 25.6 Å². The third-order valence-electron chi connectivity index (χ3n) is 3.85. The molecule has 3 rings (SSSR count). The Hall–Kier alpha value is -3.96. The van der Waals surface area contributed by atoms with Crippen molar-refractivity contribution in [3.63, 3.8) is 0 Å². The zero-order valence-electron chi connectivity index (χ0n) is 15.1. The summed E-state index contributed by atoms with van der Waals surface area (Å²) in [5, 5.41) is 19.0. The number of ether oxygens (including phenoxy) is 1. The Labute approximate surface area is 162 Å². The minimum absolute atomic E-state index is 0.0221. The number of carboxylic acid groups (broad SMARTS) is 1. The minimum atomic E-state index is -1.14. The second kappa shape index (κ2) is 7.96. The maximum atomic E-state index is 13.7. The van der Waals surface area contributed by atoms with Crippen molar-refractivity contribution in [1.29, 1.82) is 0 Å². The molecule has 12 heteroatoms. The first-order chi connectivity index (χ1) is 13.8. The van der Waals surface area contributed by atoms with E-state index in [1.165, 1.54) is 30.8 Å². The zero-order valence-corrected chi connectivity index (χ0v) is 15.1. The minimum Gasteiger partial charge on any atom is -0.478 e.